The summed E-state index contributed by atoms with van der Waals surface area (Å²) >= 11 is 1.48. The van der Waals surface area contributed by atoms with Gasteiger partial charge in [0.25, 0.3) is 0 Å². The number of hydrogen-bond donors (Lipinski definition) is 2. The molecule has 1 atom stereocenters. The summed E-state index contributed by atoms with van der Waals surface area (Å²) in [5, 5.41) is 6.84. The fourth-order valence-corrected chi connectivity index (χ4v) is 4.51. The lowest BCUT2D eigenvalue weighted by Gasteiger charge is -2.28. The highest BCUT2D eigenvalue weighted by Crippen LogP contribution is 2.38. The molecule has 0 bridgehead atoms. The van der Waals surface area contributed by atoms with E-state index >= 15 is 0 Å². The van der Waals surface area contributed by atoms with E-state index in [-0.39, 0.29) is 17.9 Å². The Morgan fingerprint density at radius 3 is 2.67 bits per heavy atom. The Hall–Kier alpha value is -3.71. The number of hydrogen-bond acceptors (Lipinski definition) is 12. The molecule has 5 heterocycles. The molecule has 12 nitrogen and oxygen atoms in total. The van der Waals surface area contributed by atoms with Crippen molar-refractivity contribution >= 4 is 39.2 Å². The second-order valence-electron chi connectivity index (χ2n) is 7.50. The molecule has 3 N–H and O–H groups in total. The fourth-order valence-electron chi connectivity index (χ4n) is 3.47. The maximum Gasteiger partial charge on any atom is 0.249 e. The fraction of sp³-hybridized carbons (Fsp3) is 0.350. The van der Waals surface area contributed by atoms with E-state index in [0.717, 1.165) is 34.0 Å². The zero-order valence-electron chi connectivity index (χ0n) is 18.0. The van der Waals surface area contributed by atoms with E-state index in [1.165, 1.54) is 18.3 Å². The molecule has 1 fully saturated rings. The van der Waals surface area contributed by atoms with Crippen molar-refractivity contribution in [1.82, 2.24) is 35.4 Å². The van der Waals surface area contributed by atoms with Crippen molar-refractivity contribution in [2.75, 3.05) is 36.9 Å². The van der Waals surface area contributed by atoms with Gasteiger partial charge in [0, 0.05) is 32.4 Å². The first-order valence-corrected chi connectivity index (χ1v) is 11.1. The molecular weight excluding hydrogens is 446 g/mol. The van der Waals surface area contributed by atoms with Gasteiger partial charge in [-0.05, 0) is 13.0 Å². The minimum Gasteiger partial charge on any atom is -0.378 e. The zero-order chi connectivity index (χ0) is 22.9. The van der Waals surface area contributed by atoms with Crippen LogP contribution in [0.1, 0.15) is 25.8 Å². The van der Waals surface area contributed by atoms with Crippen molar-refractivity contribution in [3.05, 3.63) is 24.4 Å². The van der Waals surface area contributed by atoms with Crippen LogP contribution >= 0.6 is 11.3 Å². The summed E-state index contributed by atoms with van der Waals surface area (Å²) in [7, 11) is 0. The third-order valence-electron chi connectivity index (χ3n) is 5.05. The van der Waals surface area contributed by atoms with E-state index in [2.05, 4.69) is 30.3 Å². The van der Waals surface area contributed by atoms with Crippen molar-refractivity contribution in [2.24, 2.45) is 0 Å². The summed E-state index contributed by atoms with van der Waals surface area (Å²) in [4.78, 5) is 36.5. The summed E-state index contributed by atoms with van der Waals surface area (Å²) < 4.78 is 11.8. The van der Waals surface area contributed by atoms with Gasteiger partial charge in [-0.2, -0.15) is 4.98 Å². The lowest BCUT2D eigenvalue weighted by atomic mass is 10.3. The predicted molar refractivity (Wildman–Crippen MR) is 121 cm³/mol. The molecule has 0 saturated carbocycles. The van der Waals surface area contributed by atoms with Crippen LogP contribution in [0.25, 0.3) is 32.3 Å². The molecule has 13 heteroatoms. The number of nitrogens with two attached hydrogens (primary N) is 1. The zero-order valence-corrected chi connectivity index (χ0v) is 18.8. The number of amides is 1. The average Bonchev–Trinajstić information content (AvgIpc) is 3.46. The number of nitrogens with zero attached hydrogens (tertiary/aromatic N) is 7. The van der Waals surface area contributed by atoms with Gasteiger partial charge >= 0.3 is 0 Å². The first-order chi connectivity index (χ1) is 16.0. The quantitative estimate of drug-likeness (QED) is 0.441. The molecule has 0 radical (unpaired) electrons. The Morgan fingerprint density at radius 1 is 1.18 bits per heavy atom. The maximum atomic E-state index is 11.3. The molecule has 4 aromatic rings. The second-order valence-corrected chi connectivity index (χ2v) is 8.56. The third kappa shape index (κ3) is 4.32. The third-order valence-corrected chi connectivity index (χ3v) is 6.16. The smallest absolute Gasteiger partial charge is 0.249 e. The van der Waals surface area contributed by atoms with E-state index in [9.17, 15) is 4.79 Å². The maximum absolute atomic E-state index is 11.3. The van der Waals surface area contributed by atoms with Crippen molar-refractivity contribution in [2.45, 2.75) is 19.9 Å². The summed E-state index contributed by atoms with van der Waals surface area (Å²) in [6, 6.07) is 1.52. The van der Waals surface area contributed by atoms with E-state index < -0.39 is 0 Å². The molecule has 1 aliphatic rings. The van der Waals surface area contributed by atoms with Crippen molar-refractivity contribution < 1.29 is 14.1 Å². The van der Waals surface area contributed by atoms with Crippen LogP contribution in [-0.4, -0.2) is 62.3 Å². The van der Waals surface area contributed by atoms with Gasteiger partial charge in [0.15, 0.2) is 11.6 Å². The van der Waals surface area contributed by atoms with Crippen LogP contribution < -0.4 is 16.0 Å². The molecule has 0 aliphatic carbocycles. The minimum absolute atomic E-state index is 0.172. The molecule has 0 aromatic carbocycles. The Balaban J connectivity index is 1.58. The average molecular weight is 468 g/mol. The standard InChI is InChI=1S/C20H21N9O3S/c1-10(24-11(2)30)19-27-17(28-32-19)14-7-13-15(33-14)18(29-3-5-31-6-4-29)26-16(25-13)12-8-22-20(21)23-9-12/h7-10H,3-6H2,1-2H3,(H,24,30)(H2,21,22,23). The number of aromatic nitrogens is 6. The van der Waals surface area contributed by atoms with Crippen LogP contribution in [0.15, 0.2) is 23.0 Å². The first-order valence-electron chi connectivity index (χ1n) is 10.3. The van der Waals surface area contributed by atoms with Gasteiger partial charge in [-0.25, -0.2) is 19.9 Å². The molecule has 4 aromatic heterocycles. The number of thiophene rings is 1. The number of morpholine rings is 1. The Morgan fingerprint density at radius 2 is 1.94 bits per heavy atom. The SMILES string of the molecule is CC(=O)NC(C)c1nc(-c2cc3nc(-c4cnc(N)nc4)nc(N4CCOCC4)c3s2)no1. The highest BCUT2D eigenvalue weighted by molar-refractivity contribution is 7.22. The normalized spacial score (nSPS) is 15.0. The first kappa shape index (κ1) is 21.2. The van der Waals surface area contributed by atoms with E-state index in [1.807, 2.05) is 6.07 Å². The summed E-state index contributed by atoms with van der Waals surface area (Å²) in [5.74, 6) is 2.08. The number of anilines is 2. The van der Waals surface area contributed by atoms with Gasteiger partial charge in [-0.3, -0.25) is 4.79 Å². The van der Waals surface area contributed by atoms with Gasteiger partial charge in [-0.1, -0.05) is 5.16 Å². The topological polar surface area (TPSA) is 158 Å². The Bertz CT molecular complexity index is 1300. The van der Waals surface area contributed by atoms with Crippen LogP contribution in [0.5, 0.6) is 0 Å². The molecule has 5 rings (SSSR count). The summed E-state index contributed by atoms with van der Waals surface area (Å²) in [6.45, 7) is 5.91. The van der Waals surface area contributed by atoms with Crippen LogP contribution in [-0.2, 0) is 9.53 Å². The van der Waals surface area contributed by atoms with E-state index in [1.54, 1.807) is 19.3 Å². The van der Waals surface area contributed by atoms with Crippen LogP contribution in [0.4, 0.5) is 11.8 Å². The molecular formula is C20H21N9O3S. The van der Waals surface area contributed by atoms with Crippen molar-refractivity contribution in [3.8, 4) is 22.1 Å². The summed E-state index contributed by atoms with van der Waals surface area (Å²) in [5.41, 5.74) is 7.05. The molecule has 1 unspecified atom stereocenters. The number of carbonyl (C=O) groups is 1. The lowest BCUT2D eigenvalue weighted by Crippen LogP contribution is -2.36. The number of ether oxygens (including phenoxy) is 1. The molecule has 170 valence electrons. The van der Waals surface area contributed by atoms with Gasteiger partial charge in [0.1, 0.15) is 6.04 Å². The van der Waals surface area contributed by atoms with E-state index in [0.29, 0.717) is 36.3 Å². The number of nitrogen functional groups attached to an aromatic ring is 1. The molecule has 1 saturated heterocycles. The summed E-state index contributed by atoms with van der Waals surface area (Å²) in [6.07, 6.45) is 3.21. The number of fused-ring (bicyclic) bond motifs is 1. The number of rotatable bonds is 5. The molecule has 0 spiro atoms. The van der Waals surface area contributed by atoms with Crippen LogP contribution in [0, 0.1) is 0 Å². The van der Waals surface area contributed by atoms with Crippen LogP contribution in [0.2, 0.25) is 0 Å². The number of nitrogens with one attached hydrogen (secondary N) is 1. The Labute approximate surface area is 192 Å². The van der Waals surface area contributed by atoms with Gasteiger partial charge in [0.2, 0.25) is 23.6 Å². The van der Waals surface area contributed by atoms with Gasteiger partial charge < -0.3 is 25.2 Å². The Kier molecular flexibility index (Phi) is 5.56. The predicted octanol–water partition coefficient (Wildman–Crippen LogP) is 1.81. The largest absolute Gasteiger partial charge is 0.378 e. The van der Waals surface area contributed by atoms with E-state index in [4.69, 9.17) is 25.0 Å². The molecule has 1 amide bonds. The van der Waals surface area contributed by atoms with Crippen molar-refractivity contribution in [3.63, 3.8) is 0 Å². The molecule has 33 heavy (non-hydrogen) atoms. The van der Waals surface area contributed by atoms with Crippen LogP contribution in [0.3, 0.4) is 0 Å². The van der Waals surface area contributed by atoms with Gasteiger partial charge in [0.05, 0.1) is 33.9 Å². The second kappa shape index (κ2) is 8.67. The molecule has 1 aliphatic heterocycles. The van der Waals surface area contributed by atoms with Gasteiger partial charge in [-0.15, -0.1) is 11.3 Å². The monoisotopic (exact) mass is 467 g/mol. The minimum atomic E-state index is -0.390. The number of carbonyl (C=O) groups excluding carboxylic acids is 1. The highest BCUT2D eigenvalue weighted by Gasteiger charge is 2.23. The highest BCUT2D eigenvalue weighted by atomic mass is 32.1. The van der Waals surface area contributed by atoms with Crippen molar-refractivity contribution in [1.29, 1.82) is 0 Å². The lowest BCUT2D eigenvalue weighted by molar-refractivity contribution is -0.119.